The minimum atomic E-state index is -0.501. The highest BCUT2D eigenvalue weighted by Crippen LogP contribution is 2.32. The number of nitrogens with zero attached hydrogens (tertiary/aromatic N) is 2. The van der Waals surface area contributed by atoms with Crippen LogP contribution in [0.15, 0.2) is 24.4 Å². The van der Waals surface area contributed by atoms with Crippen LogP contribution in [0.3, 0.4) is 0 Å². The van der Waals surface area contributed by atoms with E-state index >= 15 is 0 Å². The molecule has 2 aromatic rings. The molecule has 22 heavy (non-hydrogen) atoms. The van der Waals surface area contributed by atoms with Gasteiger partial charge in [-0.15, -0.1) is 11.3 Å². The summed E-state index contributed by atoms with van der Waals surface area (Å²) in [5, 5.41) is 11.0. The average Bonchev–Trinajstić information content (AvgIpc) is 3.14. The average molecular weight is 318 g/mol. The molecule has 2 heterocycles. The van der Waals surface area contributed by atoms with Gasteiger partial charge in [-0.05, 0) is 38.0 Å². The fraction of sp³-hybridized carbons (Fsp3) is 0.375. The molecular formula is C16H18N2O3S. The van der Waals surface area contributed by atoms with Gasteiger partial charge in [0.05, 0.1) is 12.7 Å². The Kier molecular flexibility index (Phi) is 4.13. The molecule has 1 N–H and O–H groups in total. The fourth-order valence-electron chi connectivity index (χ4n) is 2.67. The van der Waals surface area contributed by atoms with E-state index in [1.165, 1.54) is 7.11 Å². The molecule has 0 saturated carbocycles. The van der Waals surface area contributed by atoms with Gasteiger partial charge >= 0.3 is 5.97 Å². The predicted octanol–water partition coefficient (Wildman–Crippen LogP) is 2.82. The topological polar surface area (TPSA) is 62.7 Å². The summed E-state index contributed by atoms with van der Waals surface area (Å²) in [7, 11) is 1.37. The number of carbonyl (C=O) groups is 1. The van der Waals surface area contributed by atoms with E-state index in [1.54, 1.807) is 23.5 Å². The predicted molar refractivity (Wildman–Crippen MR) is 86.2 cm³/mol. The summed E-state index contributed by atoms with van der Waals surface area (Å²) in [6.45, 7) is 2.78. The third-order valence-corrected chi connectivity index (χ3v) is 4.72. The Balaban J connectivity index is 2.07. The van der Waals surface area contributed by atoms with Gasteiger partial charge in [-0.25, -0.2) is 9.78 Å². The fourth-order valence-corrected chi connectivity index (χ4v) is 3.43. The molecule has 1 aromatic carbocycles. The van der Waals surface area contributed by atoms with Crippen molar-refractivity contribution < 1.29 is 14.6 Å². The minimum absolute atomic E-state index is 0.384. The number of aliphatic hydroxyl groups is 1. The number of carbonyl (C=O) groups excluding carboxylic acids is 1. The van der Waals surface area contributed by atoms with E-state index in [-0.39, 0.29) is 5.97 Å². The SMILES string of the molecule is COC(=O)c1cc(-c2ncc(C)s2)cc(N2CCCC2O)c1. The van der Waals surface area contributed by atoms with Gasteiger partial charge in [-0.3, -0.25) is 0 Å². The van der Waals surface area contributed by atoms with Crippen LogP contribution < -0.4 is 4.90 Å². The molecule has 1 aromatic heterocycles. The van der Waals surface area contributed by atoms with Crippen LogP contribution in [-0.2, 0) is 4.74 Å². The summed E-state index contributed by atoms with van der Waals surface area (Å²) >= 11 is 1.58. The number of rotatable bonds is 3. The molecule has 0 aliphatic carbocycles. The molecule has 3 rings (SSSR count). The van der Waals surface area contributed by atoms with Crippen molar-refractivity contribution in [1.82, 2.24) is 4.98 Å². The smallest absolute Gasteiger partial charge is 0.337 e. The third-order valence-electron chi connectivity index (χ3n) is 3.76. The van der Waals surface area contributed by atoms with Gasteiger partial charge in [-0.1, -0.05) is 0 Å². The zero-order valence-electron chi connectivity index (χ0n) is 12.6. The van der Waals surface area contributed by atoms with Gasteiger partial charge in [0.15, 0.2) is 0 Å². The molecule has 1 fully saturated rings. The monoisotopic (exact) mass is 318 g/mol. The lowest BCUT2D eigenvalue weighted by Crippen LogP contribution is -2.28. The number of benzene rings is 1. The number of ether oxygens (including phenoxy) is 1. The van der Waals surface area contributed by atoms with Crippen LogP contribution in [0.5, 0.6) is 0 Å². The molecule has 0 amide bonds. The number of thiazole rings is 1. The quantitative estimate of drug-likeness (QED) is 0.882. The number of aliphatic hydroxyl groups excluding tert-OH is 1. The normalized spacial score (nSPS) is 17.8. The summed E-state index contributed by atoms with van der Waals surface area (Å²) in [5.41, 5.74) is 2.17. The van der Waals surface area contributed by atoms with E-state index in [0.29, 0.717) is 5.56 Å². The molecule has 116 valence electrons. The zero-order valence-corrected chi connectivity index (χ0v) is 13.4. The van der Waals surface area contributed by atoms with Crippen LogP contribution in [0.25, 0.3) is 10.6 Å². The molecular weight excluding hydrogens is 300 g/mol. The number of anilines is 1. The Hall–Kier alpha value is -1.92. The van der Waals surface area contributed by atoms with Crippen LogP contribution in [-0.4, -0.2) is 35.9 Å². The van der Waals surface area contributed by atoms with E-state index in [1.807, 2.05) is 24.1 Å². The number of hydrogen-bond donors (Lipinski definition) is 1. The van der Waals surface area contributed by atoms with Crippen molar-refractivity contribution in [2.45, 2.75) is 26.0 Å². The number of aryl methyl sites for hydroxylation is 1. The first-order chi connectivity index (χ1) is 10.6. The van der Waals surface area contributed by atoms with Gasteiger partial charge in [-0.2, -0.15) is 0 Å². The van der Waals surface area contributed by atoms with E-state index in [4.69, 9.17) is 4.74 Å². The van der Waals surface area contributed by atoms with Gasteiger partial charge in [0.2, 0.25) is 0 Å². The van der Waals surface area contributed by atoms with E-state index in [9.17, 15) is 9.90 Å². The second-order valence-corrected chi connectivity index (χ2v) is 6.59. The van der Waals surface area contributed by atoms with Crippen molar-refractivity contribution >= 4 is 23.0 Å². The van der Waals surface area contributed by atoms with E-state index < -0.39 is 6.23 Å². The van der Waals surface area contributed by atoms with E-state index in [0.717, 1.165) is 40.5 Å². The van der Waals surface area contributed by atoms with Crippen LogP contribution in [0.2, 0.25) is 0 Å². The molecule has 1 saturated heterocycles. The largest absolute Gasteiger partial charge is 0.465 e. The number of aromatic nitrogens is 1. The van der Waals surface area contributed by atoms with Crippen molar-refractivity contribution in [3.05, 3.63) is 34.8 Å². The third kappa shape index (κ3) is 2.84. The Morgan fingerprint density at radius 1 is 1.45 bits per heavy atom. The maximum atomic E-state index is 11.9. The maximum absolute atomic E-state index is 11.9. The second-order valence-electron chi connectivity index (χ2n) is 5.35. The maximum Gasteiger partial charge on any atom is 0.337 e. The van der Waals surface area contributed by atoms with Crippen molar-refractivity contribution in [3.8, 4) is 10.6 Å². The van der Waals surface area contributed by atoms with E-state index in [2.05, 4.69) is 4.98 Å². The molecule has 0 bridgehead atoms. The van der Waals surface area contributed by atoms with Crippen LogP contribution >= 0.6 is 11.3 Å². The Bertz CT molecular complexity index is 698. The lowest BCUT2D eigenvalue weighted by Gasteiger charge is -2.23. The standard InChI is InChI=1S/C16H18N2O3S/c1-10-9-17-15(22-10)11-6-12(16(20)21-2)8-13(7-11)18-5-3-4-14(18)19/h6-9,14,19H,3-5H2,1-2H3. The van der Waals surface area contributed by atoms with Gasteiger partial charge in [0, 0.05) is 28.9 Å². The molecule has 1 atom stereocenters. The molecule has 1 aliphatic rings. The van der Waals surface area contributed by atoms with Crippen molar-refractivity contribution in [2.24, 2.45) is 0 Å². The van der Waals surface area contributed by atoms with Gasteiger partial charge in [0.25, 0.3) is 0 Å². The molecule has 0 spiro atoms. The number of esters is 1. The lowest BCUT2D eigenvalue weighted by atomic mass is 10.1. The molecule has 6 heteroatoms. The summed E-state index contributed by atoms with van der Waals surface area (Å²) < 4.78 is 4.84. The van der Waals surface area contributed by atoms with Crippen LogP contribution in [0.1, 0.15) is 28.1 Å². The van der Waals surface area contributed by atoms with Crippen molar-refractivity contribution in [2.75, 3.05) is 18.6 Å². The molecule has 0 radical (unpaired) electrons. The Morgan fingerprint density at radius 3 is 2.86 bits per heavy atom. The first kappa shape index (κ1) is 15.0. The first-order valence-electron chi connectivity index (χ1n) is 7.19. The molecule has 1 unspecified atom stereocenters. The molecule has 1 aliphatic heterocycles. The lowest BCUT2D eigenvalue weighted by molar-refractivity contribution is 0.0600. The highest BCUT2D eigenvalue weighted by Gasteiger charge is 2.24. The summed E-state index contributed by atoms with van der Waals surface area (Å²) in [4.78, 5) is 19.3. The second kappa shape index (κ2) is 6.06. The highest BCUT2D eigenvalue weighted by atomic mass is 32.1. The first-order valence-corrected chi connectivity index (χ1v) is 8.01. The number of hydrogen-bond acceptors (Lipinski definition) is 6. The van der Waals surface area contributed by atoms with Crippen molar-refractivity contribution in [1.29, 1.82) is 0 Å². The van der Waals surface area contributed by atoms with Crippen LogP contribution in [0, 0.1) is 6.92 Å². The summed E-state index contributed by atoms with van der Waals surface area (Å²) in [6, 6.07) is 5.53. The minimum Gasteiger partial charge on any atom is -0.465 e. The van der Waals surface area contributed by atoms with Crippen molar-refractivity contribution in [3.63, 3.8) is 0 Å². The Labute approximate surface area is 133 Å². The summed E-state index contributed by atoms with van der Waals surface area (Å²) in [5.74, 6) is -0.384. The highest BCUT2D eigenvalue weighted by molar-refractivity contribution is 7.14. The Morgan fingerprint density at radius 2 is 2.27 bits per heavy atom. The van der Waals surface area contributed by atoms with Gasteiger partial charge in [0.1, 0.15) is 11.2 Å². The number of methoxy groups -OCH3 is 1. The summed E-state index contributed by atoms with van der Waals surface area (Å²) in [6.07, 6.45) is 3.00. The molecule has 5 nitrogen and oxygen atoms in total. The van der Waals surface area contributed by atoms with Gasteiger partial charge < -0.3 is 14.7 Å². The zero-order chi connectivity index (χ0) is 15.7. The van der Waals surface area contributed by atoms with Crippen LogP contribution in [0.4, 0.5) is 5.69 Å².